The van der Waals surface area contributed by atoms with Crippen molar-refractivity contribution in [2.24, 2.45) is 11.1 Å². The molecule has 0 saturated carbocycles. The minimum Gasteiger partial charge on any atom is -0.339 e. The summed E-state index contributed by atoms with van der Waals surface area (Å²) in [5, 5.41) is 0. The van der Waals surface area contributed by atoms with Gasteiger partial charge in [0.1, 0.15) is 0 Å². The van der Waals surface area contributed by atoms with Crippen molar-refractivity contribution in [2.45, 2.75) is 33.6 Å². The van der Waals surface area contributed by atoms with Gasteiger partial charge in [0.05, 0.1) is 5.41 Å². The molecule has 1 aromatic carbocycles. The summed E-state index contributed by atoms with van der Waals surface area (Å²) >= 11 is 0. The predicted octanol–water partition coefficient (Wildman–Crippen LogP) is 2.47. The molecule has 1 aliphatic rings. The van der Waals surface area contributed by atoms with Gasteiger partial charge < -0.3 is 15.5 Å². The highest BCUT2D eigenvalue weighted by molar-refractivity contribution is 5.94. The molecule has 2 amide bonds. The van der Waals surface area contributed by atoms with Crippen molar-refractivity contribution in [3.8, 4) is 0 Å². The zero-order valence-electron chi connectivity index (χ0n) is 15.5. The molecule has 0 unspecified atom stereocenters. The van der Waals surface area contributed by atoms with Crippen LogP contribution in [0.5, 0.6) is 0 Å². The second kappa shape index (κ2) is 9.20. The molecular weight excluding hydrogens is 338 g/mol. The molecule has 0 aliphatic carbocycles. The van der Waals surface area contributed by atoms with Crippen LogP contribution in [0.15, 0.2) is 24.3 Å². The van der Waals surface area contributed by atoms with Gasteiger partial charge >= 0.3 is 0 Å². The minimum atomic E-state index is -0.455. The van der Waals surface area contributed by atoms with E-state index in [-0.39, 0.29) is 24.2 Å². The summed E-state index contributed by atoms with van der Waals surface area (Å²) in [6, 6.07) is 7.63. The average Bonchev–Trinajstić information content (AvgIpc) is 2.63. The van der Waals surface area contributed by atoms with Gasteiger partial charge in [-0.3, -0.25) is 9.59 Å². The van der Waals surface area contributed by atoms with E-state index in [4.69, 9.17) is 5.73 Å². The van der Waals surface area contributed by atoms with Crippen LogP contribution in [0.1, 0.15) is 42.6 Å². The minimum absolute atomic E-state index is 0. The number of carbonyl (C=O) groups excluding carboxylic acids is 2. The third kappa shape index (κ3) is 4.53. The third-order valence-corrected chi connectivity index (χ3v) is 5.35. The van der Waals surface area contributed by atoms with Crippen LogP contribution < -0.4 is 5.73 Å². The molecular formula is C19H30ClN3O2. The van der Waals surface area contributed by atoms with Gasteiger partial charge in [0.2, 0.25) is 5.91 Å². The largest absolute Gasteiger partial charge is 0.339 e. The number of aryl methyl sites for hydroxylation is 1. The second-order valence-corrected chi connectivity index (χ2v) is 6.64. The van der Waals surface area contributed by atoms with Crippen molar-refractivity contribution in [1.29, 1.82) is 0 Å². The molecule has 6 heteroatoms. The molecule has 1 aromatic rings. The van der Waals surface area contributed by atoms with Crippen molar-refractivity contribution >= 4 is 24.2 Å². The lowest BCUT2D eigenvalue weighted by Gasteiger charge is -2.40. The fourth-order valence-electron chi connectivity index (χ4n) is 3.26. The number of hydrogen-bond donors (Lipinski definition) is 1. The molecule has 1 fully saturated rings. The van der Waals surface area contributed by atoms with Crippen molar-refractivity contribution in [3.05, 3.63) is 35.4 Å². The number of amides is 2. The first kappa shape index (κ1) is 21.5. The normalized spacial score (nSPS) is 14.9. The summed E-state index contributed by atoms with van der Waals surface area (Å²) in [4.78, 5) is 29.1. The molecule has 140 valence electrons. The Hall–Kier alpha value is -1.59. The molecule has 1 saturated heterocycles. The van der Waals surface area contributed by atoms with Gasteiger partial charge in [-0.1, -0.05) is 31.5 Å². The van der Waals surface area contributed by atoms with Crippen molar-refractivity contribution < 1.29 is 9.59 Å². The van der Waals surface area contributed by atoms with E-state index in [9.17, 15) is 9.59 Å². The summed E-state index contributed by atoms with van der Waals surface area (Å²) in [5.41, 5.74) is 7.28. The summed E-state index contributed by atoms with van der Waals surface area (Å²) in [5.74, 6) is 0.176. The number of benzene rings is 1. The van der Waals surface area contributed by atoms with Crippen molar-refractivity contribution in [3.63, 3.8) is 0 Å². The van der Waals surface area contributed by atoms with Gasteiger partial charge in [-0.05, 0) is 31.9 Å². The maximum atomic E-state index is 12.8. The molecule has 5 nitrogen and oxygen atoms in total. The van der Waals surface area contributed by atoms with E-state index in [1.807, 2.05) is 54.8 Å². The highest BCUT2D eigenvalue weighted by Crippen LogP contribution is 2.28. The summed E-state index contributed by atoms with van der Waals surface area (Å²) in [7, 11) is 0. The van der Waals surface area contributed by atoms with Crippen molar-refractivity contribution in [1.82, 2.24) is 9.80 Å². The van der Waals surface area contributed by atoms with Crippen LogP contribution in [-0.4, -0.2) is 54.3 Å². The molecule has 0 atom stereocenters. The van der Waals surface area contributed by atoms with E-state index in [2.05, 4.69) is 0 Å². The number of nitrogens with zero attached hydrogens (tertiary/aromatic N) is 2. The van der Waals surface area contributed by atoms with Crippen LogP contribution in [-0.2, 0) is 4.79 Å². The highest BCUT2D eigenvalue weighted by atomic mass is 35.5. The predicted molar refractivity (Wildman–Crippen MR) is 103 cm³/mol. The van der Waals surface area contributed by atoms with E-state index in [0.29, 0.717) is 38.3 Å². The van der Waals surface area contributed by atoms with E-state index in [1.165, 1.54) is 0 Å². The van der Waals surface area contributed by atoms with E-state index < -0.39 is 5.41 Å². The quantitative estimate of drug-likeness (QED) is 0.869. The first-order chi connectivity index (χ1) is 11.5. The molecule has 2 N–H and O–H groups in total. The Kier molecular flexibility index (Phi) is 7.90. The fraction of sp³-hybridized carbons (Fsp3) is 0.579. The lowest BCUT2D eigenvalue weighted by atomic mass is 9.81. The molecule has 0 bridgehead atoms. The summed E-state index contributed by atoms with van der Waals surface area (Å²) in [6.07, 6.45) is 1.50. The highest BCUT2D eigenvalue weighted by Gasteiger charge is 2.38. The lowest BCUT2D eigenvalue weighted by molar-refractivity contribution is -0.143. The number of carbonyl (C=O) groups is 2. The standard InChI is InChI=1S/C19H29N3O2.ClH/c1-4-19(5-2,14-20)18(24)22-12-10-21(11-13-22)17(23)16-8-6-15(3)7-9-16;/h6-9H,4-5,10-14,20H2,1-3H3;1H. The Balaban J connectivity index is 0.00000312. The third-order valence-electron chi connectivity index (χ3n) is 5.35. The SMILES string of the molecule is CCC(CC)(CN)C(=O)N1CCN(C(=O)c2ccc(C)cc2)CC1.Cl. The topological polar surface area (TPSA) is 66.6 Å². The maximum Gasteiger partial charge on any atom is 0.253 e. The molecule has 0 radical (unpaired) electrons. The second-order valence-electron chi connectivity index (χ2n) is 6.64. The first-order valence-electron chi connectivity index (χ1n) is 8.82. The molecule has 2 rings (SSSR count). The lowest BCUT2D eigenvalue weighted by Crippen LogP contribution is -2.55. The maximum absolute atomic E-state index is 12.8. The fourth-order valence-corrected chi connectivity index (χ4v) is 3.26. The number of rotatable bonds is 5. The molecule has 0 aromatic heterocycles. The number of hydrogen-bond acceptors (Lipinski definition) is 3. The Labute approximate surface area is 157 Å². The Morgan fingerprint density at radius 1 is 1.00 bits per heavy atom. The molecule has 1 aliphatic heterocycles. The van der Waals surface area contributed by atoms with Crippen LogP contribution in [0.3, 0.4) is 0 Å². The smallest absolute Gasteiger partial charge is 0.253 e. The molecule has 0 spiro atoms. The van der Waals surface area contributed by atoms with Crippen LogP contribution >= 0.6 is 12.4 Å². The van der Waals surface area contributed by atoms with E-state index in [0.717, 1.165) is 18.4 Å². The Morgan fingerprint density at radius 3 is 1.92 bits per heavy atom. The number of halogens is 1. The van der Waals surface area contributed by atoms with E-state index in [1.54, 1.807) is 0 Å². The first-order valence-corrected chi connectivity index (χ1v) is 8.82. The van der Waals surface area contributed by atoms with Crippen LogP contribution in [0, 0.1) is 12.3 Å². The zero-order chi connectivity index (χ0) is 17.7. The average molecular weight is 368 g/mol. The van der Waals surface area contributed by atoms with Crippen LogP contribution in [0.25, 0.3) is 0 Å². The van der Waals surface area contributed by atoms with E-state index >= 15 is 0 Å². The summed E-state index contributed by atoms with van der Waals surface area (Å²) < 4.78 is 0. The number of piperazine rings is 1. The van der Waals surface area contributed by atoms with Crippen molar-refractivity contribution in [2.75, 3.05) is 32.7 Å². The van der Waals surface area contributed by atoms with Gasteiger partial charge in [0.15, 0.2) is 0 Å². The van der Waals surface area contributed by atoms with Gasteiger partial charge in [-0.15, -0.1) is 12.4 Å². The number of nitrogens with two attached hydrogens (primary N) is 1. The Morgan fingerprint density at radius 2 is 1.48 bits per heavy atom. The monoisotopic (exact) mass is 367 g/mol. The zero-order valence-corrected chi connectivity index (χ0v) is 16.3. The van der Waals surface area contributed by atoms with Gasteiger partial charge in [0, 0.05) is 38.3 Å². The Bertz CT molecular complexity index is 569. The van der Waals surface area contributed by atoms with Crippen LogP contribution in [0.2, 0.25) is 0 Å². The molecule has 25 heavy (non-hydrogen) atoms. The summed E-state index contributed by atoms with van der Waals surface area (Å²) in [6.45, 7) is 8.73. The van der Waals surface area contributed by atoms with Crippen LogP contribution in [0.4, 0.5) is 0 Å². The van der Waals surface area contributed by atoms with Gasteiger partial charge in [-0.2, -0.15) is 0 Å². The molecule has 1 heterocycles. The van der Waals surface area contributed by atoms with Gasteiger partial charge in [-0.25, -0.2) is 0 Å². The van der Waals surface area contributed by atoms with Gasteiger partial charge in [0.25, 0.3) is 5.91 Å².